The van der Waals surface area contributed by atoms with Crippen molar-refractivity contribution in [3.05, 3.63) is 57.8 Å². The predicted octanol–water partition coefficient (Wildman–Crippen LogP) is 3.61. The highest BCUT2D eigenvalue weighted by atomic mass is 79.9. The Labute approximate surface area is 155 Å². The van der Waals surface area contributed by atoms with Gasteiger partial charge in [-0.25, -0.2) is 12.8 Å². The maximum Gasteiger partial charge on any atom is 0.245 e. The maximum atomic E-state index is 13.9. The second-order valence-corrected chi connectivity index (χ2v) is 8.50. The lowest BCUT2D eigenvalue weighted by Crippen LogP contribution is -2.38. The third-order valence-corrected chi connectivity index (χ3v) is 5.19. The van der Waals surface area contributed by atoms with Crippen LogP contribution in [-0.4, -0.2) is 27.1 Å². The fourth-order valence-electron chi connectivity index (χ4n) is 2.47. The summed E-state index contributed by atoms with van der Waals surface area (Å²) in [5.41, 5.74) is 1.90. The highest BCUT2D eigenvalue weighted by molar-refractivity contribution is 9.10. The van der Waals surface area contributed by atoms with Crippen LogP contribution in [0.2, 0.25) is 0 Å². The van der Waals surface area contributed by atoms with E-state index in [4.69, 9.17) is 0 Å². The molecule has 0 bridgehead atoms. The summed E-state index contributed by atoms with van der Waals surface area (Å²) in [6.45, 7) is 3.10. The molecule has 0 aliphatic heterocycles. The first-order chi connectivity index (χ1) is 11.6. The normalized spacial score (nSPS) is 11.2. The van der Waals surface area contributed by atoms with Gasteiger partial charge in [-0.2, -0.15) is 0 Å². The number of sulfonamides is 1. The number of carbonyl (C=O) groups excluding carboxylic acids is 1. The molecular weight excluding hydrogens is 411 g/mol. The Morgan fingerprint density at radius 1 is 1.20 bits per heavy atom. The zero-order valence-electron chi connectivity index (χ0n) is 14.0. The quantitative estimate of drug-likeness (QED) is 0.790. The van der Waals surface area contributed by atoms with Crippen molar-refractivity contribution < 1.29 is 17.6 Å². The molecule has 0 unspecified atom stereocenters. The summed E-state index contributed by atoms with van der Waals surface area (Å²) in [6, 6.07) is 9.56. The molecule has 0 aromatic heterocycles. The van der Waals surface area contributed by atoms with Crippen LogP contribution in [0.1, 0.15) is 11.1 Å². The Morgan fingerprint density at radius 2 is 1.80 bits per heavy atom. The molecule has 0 aliphatic carbocycles. The fourth-order valence-corrected chi connectivity index (χ4v) is 3.78. The van der Waals surface area contributed by atoms with Gasteiger partial charge in [0.05, 0.1) is 17.6 Å². The van der Waals surface area contributed by atoms with Gasteiger partial charge >= 0.3 is 0 Å². The number of carbonyl (C=O) groups is 1. The van der Waals surface area contributed by atoms with Crippen molar-refractivity contribution in [3.8, 4) is 0 Å². The van der Waals surface area contributed by atoms with Gasteiger partial charge in [0, 0.05) is 4.47 Å². The number of para-hydroxylation sites is 1. The minimum atomic E-state index is -3.70. The molecule has 0 spiro atoms. The molecule has 0 fully saturated rings. The van der Waals surface area contributed by atoms with Crippen LogP contribution in [0, 0.1) is 19.7 Å². The van der Waals surface area contributed by atoms with E-state index in [-0.39, 0.29) is 5.69 Å². The molecule has 1 N–H and O–H groups in total. The second kappa shape index (κ2) is 7.53. The fraction of sp³-hybridized carbons (Fsp3) is 0.235. The lowest BCUT2D eigenvalue weighted by molar-refractivity contribution is -0.114. The van der Waals surface area contributed by atoms with Crippen LogP contribution in [0.3, 0.4) is 0 Å². The van der Waals surface area contributed by atoms with Gasteiger partial charge in [0.25, 0.3) is 0 Å². The van der Waals surface area contributed by atoms with Crippen molar-refractivity contribution >= 4 is 43.2 Å². The Balaban J connectivity index is 2.31. The smallest absolute Gasteiger partial charge is 0.245 e. The SMILES string of the molecule is Cc1cccc(C)c1N(CC(=O)Nc1ccc(Br)cc1F)S(C)(=O)=O. The Hall–Kier alpha value is -1.93. The molecule has 2 rings (SSSR count). The molecule has 1 amide bonds. The highest BCUT2D eigenvalue weighted by Gasteiger charge is 2.24. The predicted molar refractivity (Wildman–Crippen MR) is 101 cm³/mol. The van der Waals surface area contributed by atoms with Crippen LogP contribution >= 0.6 is 15.9 Å². The third kappa shape index (κ3) is 4.79. The van der Waals surface area contributed by atoms with Gasteiger partial charge in [-0.15, -0.1) is 0 Å². The minimum absolute atomic E-state index is 0.0110. The monoisotopic (exact) mass is 428 g/mol. The van der Waals surface area contributed by atoms with Crippen LogP contribution in [0.4, 0.5) is 15.8 Å². The summed E-state index contributed by atoms with van der Waals surface area (Å²) in [5.74, 6) is -1.24. The van der Waals surface area contributed by atoms with Gasteiger partial charge in [0.15, 0.2) is 0 Å². The van der Waals surface area contributed by atoms with Crippen molar-refractivity contribution in [1.29, 1.82) is 0 Å². The van der Waals surface area contributed by atoms with Crippen LogP contribution in [-0.2, 0) is 14.8 Å². The number of nitrogens with one attached hydrogen (secondary N) is 1. The lowest BCUT2D eigenvalue weighted by atomic mass is 10.1. The first-order valence-corrected chi connectivity index (χ1v) is 10.0. The molecule has 5 nitrogen and oxygen atoms in total. The van der Waals surface area contributed by atoms with Gasteiger partial charge in [-0.1, -0.05) is 34.1 Å². The molecule has 0 saturated carbocycles. The zero-order valence-corrected chi connectivity index (χ0v) is 16.4. The maximum absolute atomic E-state index is 13.9. The van der Waals surface area contributed by atoms with Crippen molar-refractivity contribution in [2.45, 2.75) is 13.8 Å². The number of anilines is 2. The molecule has 0 atom stereocenters. The van der Waals surface area contributed by atoms with Crippen LogP contribution in [0.5, 0.6) is 0 Å². The number of hydrogen-bond acceptors (Lipinski definition) is 3. The van der Waals surface area contributed by atoms with Crippen molar-refractivity contribution in [2.24, 2.45) is 0 Å². The minimum Gasteiger partial charge on any atom is -0.322 e. The molecule has 0 heterocycles. The van der Waals surface area contributed by atoms with Gasteiger partial charge in [0.1, 0.15) is 12.4 Å². The summed E-state index contributed by atoms with van der Waals surface area (Å²) in [5, 5.41) is 2.41. The van der Waals surface area contributed by atoms with E-state index in [9.17, 15) is 17.6 Å². The van der Waals surface area contributed by atoms with Crippen LogP contribution < -0.4 is 9.62 Å². The third-order valence-electron chi connectivity index (χ3n) is 3.58. The number of amides is 1. The summed E-state index contributed by atoms with van der Waals surface area (Å²) >= 11 is 3.14. The van der Waals surface area contributed by atoms with Gasteiger partial charge in [0.2, 0.25) is 15.9 Å². The van der Waals surface area contributed by atoms with Crippen molar-refractivity contribution in [2.75, 3.05) is 22.4 Å². The first-order valence-electron chi connectivity index (χ1n) is 7.38. The molecule has 0 radical (unpaired) electrons. The molecule has 2 aromatic rings. The molecule has 25 heavy (non-hydrogen) atoms. The summed E-state index contributed by atoms with van der Waals surface area (Å²) in [7, 11) is -3.70. The van der Waals surface area contributed by atoms with E-state index >= 15 is 0 Å². The van der Waals surface area contributed by atoms with E-state index in [0.29, 0.717) is 10.2 Å². The first kappa shape index (κ1) is 19.4. The lowest BCUT2D eigenvalue weighted by Gasteiger charge is -2.25. The number of nitrogens with zero attached hydrogens (tertiary/aromatic N) is 1. The van der Waals surface area contributed by atoms with E-state index in [1.54, 1.807) is 32.0 Å². The van der Waals surface area contributed by atoms with E-state index in [2.05, 4.69) is 21.2 Å². The van der Waals surface area contributed by atoms with Crippen LogP contribution in [0.15, 0.2) is 40.9 Å². The standard InChI is InChI=1S/C17H18BrFN2O3S/c1-11-5-4-6-12(2)17(11)21(25(3,23)24)10-16(22)20-15-8-7-13(18)9-14(15)19/h4-9H,10H2,1-3H3,(H,20,22). The average Bonchev–Trinajstić information content (AvgIpc) is 2.48. The average molecular weight is 429 g/mol. The summed E-state index contributed by atoms with van der Waals surface area (Å²) in [6.07, 6.45) is 1.03. The Kier molecular flexibility index (Phi) is 5.84. The van der Waals surface area contributed by atoms with Gasteiger partial charge in [-0.05, 0) is 43.2 Å². The van der Waals surface area contributed by atoms with Gasteiger partial charge < -0.3 is 5.32 Å². The molecule has 8 heteroatoms. The van der Waals surface area contributed by atoms with E-state index in [0.717, 1.165) is 21.7 Å². The van der Waals surface area contributed by atoms with Crippen molar-refractivity contribution in [1.82, 2.24) is 0 Å². The Morgan fingerprint density at radius 3 is 2.32 bits per heavy atom. The summed E-state index contributed by atoms with van der Waals surface area (Å²) in [4.78, 5) is 12.3. The highest BCUT2D eigenvalue weighted by Crippen LogP contribution is 2.27. The van der Waals surface area contributed by atoms with Gasteiger partial charge in [-0.3, -0.25) is 9.10 Å². The molecule has 0 aliphatic rings. The molecule has 134 valence electrons. The largest absolute Gasteiger partial charge is 0.322 e. The molecular formula is C17H18BrFN2O3S. The number of hydrogen-bond donors (Lipinski definition) is 1. The number of halogens is 2. The molecule has 0 saturated heterocycles. The van der Waals surface area contributed by atoms with Crippen LogP contribution in [0.25, 0.3) is 0 Å². The molecule has 2 aromatic carbocycles. The number of aryl methyl sites for hydroxylation is 2. The van der Waals surface area contributed by atoms with E-state index < -0.39 is 28.3 Å². The van der Waals surface area contributed by atoms with E-state index in [1.807, 2.05) is 6.07 Å². The zero-order chi connectivity index (χ0) is 18.8. The Bertz CT molecular complexity index is 896. The van der Waals surface area contributed by atoms with E-state index in [1.165, 1.54) is 12.1 Å². The topological polar surface area (TPSA) is 66.5 Å². The summed E-state index contributed by atoms with van der Waals surface area (Å²) < 4.78 is 39.8. The second-order valence-electron chi connectivity index (χ2n) is 5.68. The number of benzene rings is 2. The number of rotatable bonds is 5. The van der Waals surface area contributed by atoms with Crippen molar-refractivity contribution in [3.63, 3.8) is 0 Å².